The summed E-state index contributed by atoms with van der Waals surface area (Å²) in [5.41, 5.74) is -7.52. The number of aryl methyl sites for hydroxylation is 1. The number of ether oxygens (including phenoxy) is 19. The maximum Gasteiger partial charge on any atom is 0.408 e. The van der Waals surface area contributed by atoms with Crippen LogP contribution in [0.1, 0.15) is 168 Å². The number of aliphatic hydroxyl groups is 9. The molecule has 45 heteroatoms. The lowest BCUT2D eigenvalue weighted by Gasteiger charge is -2.66. The van der Waals surface area contributed by atoms with Crippen LogP contribution in [0.4, 0.5) is 9.59 Å². The molecule has 2 aliphatic heterocycles. The highest BCUT2D eigenvalue weighted by Crippen LogP contribution is 2.66. The van der Waals surface area contributed by atoms with Crippen molar-refractivity contribution in [2.75, 3.05) is 166 Å². The van der Waals surface area contributed by atoms with E-state index in [1.807, 2.05) is 6.20 Å². The van der Waals surface area contributed by atoms with E-state index < -0.39 is 236 Å². The summed E-state index contributed by atoms with van der Waals surface area (Å²) in [5, 5.41) is 121. The SMILES string of the molecule is CCOC(=O)[C@H](CCCCNC(=O)CCCCCn1cc(CCOCCOCCOCCOCCNC(=O)COCC(=O)O[C@@H](C(=O)O[C@H]2C[C@@]3(O)[C@@H](CC(=O)c4ccccc4)[C@@H]4[C@@](C)(CC(C)=O)[C@H](O)C[C@H](O)[C@@]4(C)C(=O)[C@H](O)C(=C2C)C3(C)C)[C@@H](NC(=O)OC(C)(C)C)c2ccccc2)nn1)NC(=O)OCCOCC1O[C@H](OC)C(O)[C@@H](OCCO)[C@@H]1O[C@H]1OC(COCCO)[C@@H](OC)[C@H](OCCO)C1O. The number of hydrogen-bond donors (Lipinski definition) is 13. The van der Waals surface area contributed by atoms with Crippen molar-refractivity contribution in [2.24, 2.45) is 28.1 Å². The van der Waals surface area contributed by atoms with Crippen molar-refractivity contribution in [3.05, 3.63) is 94.8 Å². The van der Waals surface area contributed by atoms with E-state index in [9.17, 15) is 84.3 Å². The van der Waals surface area contributed by atoms with Crippen LogP contribution in [0.15, 0.2) is 78.0 Å². The third kappa shape index (κ3) is 34.4. The summed E-state index contributed by atoms with van der Waals surface area (Å²) in [6.07, 6.45) is -19.3. The molecule has 5 aliphatic rings. The fourth-order valence-corrected chi connectivity index (χ4v) is 19.3. The second-order valence-corrected chi connectivity index (χ2v) is 37.9. The molecule has 2 aromatic carbocycles. The minimum Gasteiger partial charge on any atom is -0.464 e. The first-order chi connectivity index (χ1) is 68.3. The molecule has 4 fully saturated rings. The molecule has 806 valence electrons. The maximum atomic E-state index is 15.5. The molecule has 8 rings (SSSR count). The summed E-state index contributed by atoms with van der Waals surface area (Å²) in [5.74, 6) is -8.67. The van der Waals surface area contributed by atoms with Crippen LogP contribution in [-0.4, -0.2) is 395 Å². The number of amides is 4. The largest absolute Gasteiger partial charge is 0.464 e. The quantitative estimate of drug-likeness (QED) is 0.0126. The van der Waals surface area contributed by atoms with Gasteiger partial charge in [-0.15, -0.1) is 5.10 Å². The number of nitrogens with one attached hydrogen (secondary N) is 4. The first-order valence-electron chi connectivity index (χ1n) is 48.8. The maximum absolute atomic E-state index is 15.5. The standard InChI is InChI=1S/C98H151N7O38/c1-13-134-88(120)66(101-92(122)137-50-49-132-57-70-82(85(136-42-37-108)79(117)90(126-12)139-70)142-91-80(118)84(135-41-36-107)81(125-11)69(140-91)56-131-40-35-106)29-22-23-32-99-73(113)30-21-16-24-34-105-55-64(103-104-105)31-38-127-43-45-129-47-48-130-46-44-128-39-33-100-74(114)58-133-59-75(115)141-83(77(63-27-19-15-20-28-63)102-93(123)143-94(4,5)6)89(121)138-68-54-98(124)65(51-67(110)62-25-17-14-18-26-62)86-96(9,53-60(2)109)71(111)52-72(112)97(86,10)87(119)78(116)76(61(68)3)95(98,7)8/h14-15,17-20,25-28,55,65-66,68-72,77-86,90-91,106-108,111-112,116-118,124H,13,16,21-24,29-54,56-59H2,1-12H3,(H,99,113)(H,100,114)(H,101,122)(H,102,123)/t65-,66-,68-,69?,70?,71+,72-,77-,78+,79?,80?,81+,82+,83+,84+,85+,86+,90-,91+,96-,97+,98+/m0/s1. The second kappa shape index (κ2) is 59.3. The monoisotopic (exact) mass is 2030 g/mol. The fraction of sp³-hybridized carbons (Fsp3) is 0.735. The lowest BCUT2D eigenvalue weighted by molar-refractivity contribution is -0.365. The molecule has 2 bridgehead atoms. The van der Waals surface area contributed by atoms with Crippen molar-refractivity contribution >= 4 is 59.3 Å². The zero-order valence-electron chi connectivity index (χ0n) is 84.0. The van der Waals surface area contributed by atoms with Crippen LogP contribution in [0.3, 0.4) is 0 Å². The van der Waals surface area contributed by atoms with Crippen molar-refractivity contribution in [3.8, 4) is 0 Å². The minimum atomic E-state index is -2.31. The summed E-state index contributed by atoms with van der Waals surface area (Å²) in [6.45, 7) is 14.3. The number of aliphatic hydroxyl groups excluding tert-OH is 8. The molecule has 1 aromatic heterocycles. The molecule has 4 amide bonds. The second-order valence-electron chi connectivity index (χ2n) is 37.9. The number of Topliss-reactive ketones (excluding diaryl/α,β-unsaturated/α-hetero) is 3. The number of esters is 3. The van der Waals surface area contributed by atoms with Crippen LogP contribution in [0.2, 0.25) is 0 Å². The minimum absolute atomic E-state index is 0.0434. The van der Waals surface area contributed by atoms with Crippen LogP contribution in [0.5, 0.6) is 0 Å². The van der Waals surface area contributed by atoms with Crippen molar-refractivity contribution in [2.45, 2.75) is 268 Å². The number of aromatic nitrogens is 3. The molecule has 3 heterocycles. The zero-order valence-corrected chi connectivity index (χ0v) is 84.0. The lowest BCUT2D eigenvalue weighted by atomic mass is 9.40. The molecule has 143 heavy (non-hydrogen) atoms. The normalized spacial score (nSPS) is 27.0. The molecule has 3 aliphatic carbocycles. The Morgan fingerprint density at radius 2 is 1.22 bits per heavy atom. The molecule has 13 N–H and O–H groups in total. The first kappa shape index (κ1) is 120. The van der Waals surface area contributed by atoms with E-state index in [1.54, 1.807) is 102 Å². The van der Waals surface area contributed by atoms with Gasteiger partial charge in [0.1, 0.15) is 104 Å². The van der Waals surface area contributed by atoms with Gasteiger partial charge in [-0.25, -0.2) is 24.0 Å². The van der Waals surface area contributed by atoms with E-state index in [0.29, 0.717) is 65.0 Å². The summed E-state index contributed by atoms with van der Waals surface area (Å²) < 4.78 is 111. The number of methoxy groups -OCH3 is 2. The number of benzene rings is 2. The van der Waals surface area contributed by atoms with Crippen molar-refractivity contribution in [3.63, 3.8) is 0 Å². The summed E-state index contributed by atoms with van der Waals surface area (Å²) in [4.78, 5) is 138. The van der Waals surface area contributed by atoms with Gasteiger partial charge in [0.25, 0.3) is 0 Å². The first-order valence-corrected chi connectivity index (χ1v) is 48.8. The van der Waals surface area contributed by atoms with E-state index in [1.165, 1.54) is 47.1 Å². The Kier molecular flexibility index (Phi) is 49.6. The predicted molar refractivity (Wildman–Crippen MR) is 501 cm³/mol. The fourth-order valence-electron chi connectivity index (χ4n) is 19.3. The van der Waals surface area contributed by atoms with Crippen LogP contribution in [0.25, 0.3) is 0 Å². The van der Waals surface area contributed by atoms with Gasteiger partial charge in [0.05, 0.1) is 148 Å². The number of carbonyl (C=O) groups is 10. The highest BCUT2D eigenvalue weighted by Gasteiger charge is 2.72. The predicted octanol–water partition coefficient (Wildman–Crippen LogP) is 1.66. The van der Waals surface area contributed by atoms with E-state index in [0.717, 1.165) is 18.5 Å². The van der Waals surface area contributed by atoms with E-state index in [4.69, 9.17) is 90.0 Å². The van der Waals surface area contributed by atoms with E-state index in [2.05, 4.69) is 31.6 Å². The molecule has 2 saturated heterocycles. The lowest BCUT2D eigenvalue weighted by Crippen LogP contribution is -2.72. The van der Waals surface area contributed by atoms with Crippen molar-refractivity contribution in [1.29, 1.82) is 0 Å². The van der Waals surface area contributed by atoms with Gasteiger partial charge in [-0.05, 0) is 103 Å². The third-order valence-electron chi connectivity index (χ3n) is 26.2. The van der Waals surface area contributed by atoms with Gasteiger partial charge < -0.3 is 162 Å². The van der Waals surface area contributed by atoms with Crippen molar-refractivity contribution < 1.29 is 184 Å². The number of unbranched alkanes of at least 4 members (excludes halogenated alkanes) is 3. The molecule has 0 spiro atoms. The Morgan fingerprint density at radius 3 is 1.85 bits per heavy atom. The number of fused-ring (bicyclic) bond motifs is 3. The van der Waals surface area contributed by atoms with E-state index >= 15 is 9.59 Å². The molecule has 22 atom stereocenters. The van der Waals surface area contributed by atoms with Crippen molar-refractivity contribution in [1.82, 2.24) is 36.3 Å². The third-order valence-corrected chi connectivity index (χ3v) is 26.2. The van der Waals surface area contributed by atoms with Crippen LogP contribution < -0.4 is 21.3 Å². The molecule has 0 radical (unpaired) electrons. The highest BCUT2D eigenvalue weighted by atomic mass is 16.8. The summed E-state index contributed by atoms with van der Waals surface area (Å²) in [6, 6.07) is 13.4. The zero-order chi connectivity index (χ0) is 105. The molecule has 3 aromatic rings. The smallest absolute Gasteiger partial charge is 0.408 e. The molecule has 45 nitrogen and oxygen atoms in total. The average molecular weight is 2040 g/mol. The van der Waals surface area contributed by atoms with Crippen LogP contribution in [-0.2, 0) is 137 Å². The van der Waals surface area contributed by atoms with E-state index in [-0.39, 0.29) is 147 Å². The molecular formula is C98H151N7O38. The molecular weight excluding hydrogens is 1880 g/mol. The molecule has 2 saturated carbocycles. The number of rotatable bonds is 63. The van der Waals surface area contributed by atoms with Gasteiger partial charge in [-0.2, -0.15) is 0 Å². The Balaban J connectivity index is 0.685. The average Bonchev–Trinajstić information content (AvgIpc) is 1.34. The number of alkyl carbamates (subject to hydrolysis) is 2. The number of carbonyl (C=O) groups excluding carboxylic acids is 10. The highest BCUT2D eigenvalue weighted by molar-refractivity contribution is 5.97. The topological polar surface area (TPSA) is 607 Å². The van der Waals surface area contributed by atoms with Crippen LogP contribution >= 0.6 is 0 Å². The molecule has 4 unspecified atom stereocenters. The Morgan fingerprint density at radius 1 is 0.622 bits per heavy atom. The summed E-state index contributed by atoms with van der Waals surface area (Å²) >= 11 is 0. The van der Waals surface area contributed by atoms with Gasteiger partial charge in [-0.3, -0.25) is 23.9 Å². The van der Waals surface area contributed by atoms with Crippen LogP contribution in [0, 0.1) is 28.1 Å². The Hall–Kier alpha value is -8.70. The summed E-state index contributed by atoms with van der Waals surface area (Å²) in [7, 11) is 2.65. The number of ketones is 3. The van der Waals surface area contributed by atoms with Gasteiger partial charge in [-0.1, -0.05) is 93.1 Å². The Labute approximate surface area is 832 Å². The van der Waals surface area contributed by atoms with Gasteiger partial charge in [0.15, 0.2) is 24.1 Å². The van der Waals surface area contributed by atoms with Gasteiger partial charge in [0.2, 0.25) is 17.9 Å². The number of hydrogen-bond acceptors (Lipinski definition) is 40. The number of nitrogens with zero attached hydrogens (tertiary/aromatic N) is 3. The van der Waals surface area contributed by atoms with Gasteiger partial charge >= 0.3 is 30.1 Å². The van der Waals surface area contributed by atoms with Gasteiger partial charge in [0, 0.05) is 101 Å². The Bertz CT molecular complexity index is 4450.